The van der Waals surface area contributed by atoms with Crippen molar-refractivity contribution in [2.75, 3.05) is 0 Å². The molecule has 1 aromatic heterocycles. The van der Waals surface area contributed by atoms with E-state index in [0.29, 0.717) is 0 Å². The van der Waals surface area contributed by atoms with Gasteiger partial charge in [0.25, 0.3) is 0 Å². The van der Waals surface area contributed by atoms with Gasteiger partial charge in [0.1, 0.15) is 0 Å². The van der Waals surface area contributed by atoms with E-state index in [2.05, 4.69) is 39.2 Å². The van der Waals surface area contributed by atoms with Gasteiger partial charge in [-0.15, -0.1) is 5.10 Å². The minimum absolute atomic E-state index is 0. The molecule has 2 aromatic carbocycles. The van der Waals surface area contributed by atoms with Crippen LogP contribution in [0.2, 0.25) is 0 Å². The maximum atomic E-state index is 3.96. The second kappa shape index (κ2) is 8.10. The molecule has 1 heterocycles. The van der Waals surface area contributed by atoms with Crippen molar-refractivity contribution in [3.8, 4) is 0 Å². The summed E-state index contributed by atoms with van der Waals surface area (Å²) in [5.74, 6) is 0. The molecule has 100 valence electrons. The van der Waals surface area contributed by atoms with Crippen LogP contribution in [0.25, 0.3) is 0 Å². The third-order valence-corrected chi connectivity index (χ3v) is 3.36. The summed E-state index contributed by atoms with van der Waals surface area (Å²) in [5, 5.41) is 7.74. The molecule has 0 aliphatic carbocycles. The van der Waals surface area contributed by atoms with Crippen LogP contribution in [0.1, 0.15) is 18.5 Å². The number of aromatic nitrogens is 3. The zero-order valence-corrected chi connectivity index (χ0v) is 13.1. The Morgan fingerprint density at radius 3 is 2.42 bits per heavy atom. The van der Waals surface area contributed by atoms with E-state index in [-0.39, 0.29) is 23.1 Å². The van der Waals surface area contributed by atoms with Crippen LogP contribution in [0, 0.1) is 0 Å². The van der Waals surface area contributed by atoms with Gasteiger partial charge in [0.2, 0.25) is 0 Å². The van der Waals surface area contributed by atoms with Gasteiger partial charge in [0.05, 0.1) is 6.20 Å². The third kappa shape index (κ3) is 4.46. The molecule has 0 amide bonds. The first-order chi connectivity index (χ1) is 8.79. The first-order valence-corrected chi connectivity index (χ1v) is 6.52. The molecule has 1 atom stereocenters. The van der Waals surface area contributed by atoms with Crippen molar-refractivity contribution in [2.24, 2.45) is 0 Å². The maximum absolute atomic E-state index is 3.96. The van der Waals surface area contributed by atoms with Crippen molar-refractivity contribution in [2.45, 2.75) is 13.0 Å². The van der Waals surface area contributed by atoms with Gasteiger partial charge in [0, 0.05) is 12.2 Å². The van der Waals surface area contributed by atoms with E-state index in [0.717, 1.165) is 4.47 Å². The Bertz CT molecular complexity index is 526. The van der Waals surface area contributed by atoms with E-state index < -0.39 is 0 Å². The second-order valence-corrected chi connectivity index (χ2v) is 4.70. The minimum atomic E-state index is 0. The molecule has 0 radical (unpaired) electrons. The Hall–Kier alpha value is -1.16. The average Bonchev–Trinajstić information content (AvgIpc) is 3.13. The molecule has 0 aliphatic heterocycles. The predicted octanol–water partition coefficient (Wildman–Crippen LogP) is 3.77. The smallest absolute Gasteiger partial charge is 0.258 e. The normalized spacial score (nSPS) is 11.1. The largest absolute Gasteiger partial charge is 2.00 e. The van der Waals surface area contributed by atoms with Crippen LogP contribution >= 0.6 is 15.9 Å². The standard InChI is InChI=1S/C9H9BrN3.C5H5.Fe/c1-7(13-6-5-11-12-13)8-3-2-4-9(8)10;1-2-4-5-3-1;/h2-7H,1H3;1-5H;/q2*-1;+2/t7-;;/m0../s1. The molecule has 0 N–H and O–H groups in total. The van der Waals surface area contributed by atoms with E-state index in [4.69, 9.17) is 0 Å². The quantitative estimate of drug-likeness (QED) is 0.515. The van der Waals surface area contributed by atoms with Gasteiger partial charge >= 0.3 is 17.1 Å². The van der Waals surface area contributed by atoms with E-state index in [9.17, 15) is 0 Å². The number of hydrogen-bond donors (Lipinski definition) is 0. The fourth-order valence-corrected chi connectivity index (χ4v) is 2.25. The van der Waals surface area contributed by atoms with E-state index >= 15 is 0 Å². The Kier molecular flexibility index (Phi) is 6.78. The molecule has 3 rings (SSSR count). The van der Waals surface area contributed by atoms with E-state index in [1.807, 2.05) is 53.3 Å². The molecule has 0 unspecified atom stereocenters. The number of halogens is 1. The SMILES string of the molecule is C[C@@H](c1cc[cH-]c1Br)n1ccnn1.[Fe+2].c1cc[cH-]c1. The molecule has 0 fully saturated rings. The summed E-state index contributed by atoms with van der Waals surface area (Å²) in [5.41, 5.74) is 1.23. The van der Waals surface area contributed by atoms with Crippen molar-refractivity contribution < 1.29 is 17.1 Å². The van der Waals surface area contributed by atoms with Crippen LogP contribution in [-0.2, 0) is 17.1 Å². The molecule has 3 aromatic rings. The fourth-order valence-electron chi connectivity index (χ4n) is 1.64. The zero-order valence-electron chi connectivity index (χ0n) is 10.4. The Morgan fingerprint density at radius 1 is 1.26 bits per heavy atom. The summed E-state index contributed by atoms with van der Waals surface area (Å²) >= 11 is 3.49. The second-order valence-electron chi connectivity index (χ2n) is 3.85. The van der Waals surface area contributed by atoms with Gasteiger partial charge in [-0.2, -0.15) is 35.9 Å². The molecule has 5 heteroatoms. The fraction of sp³-hybridized carbons (Fsp3) is 0.143. The van der Waals surface area contributed by atoms with Gasteiger partial charge in [-0.3, -0.25) is 4.68 Å². The molecule has 19 heavy (non-hydrogen) atoms. The monoisotopic (exact) mass is 359 g/mol. The first kappa shape index (κ1) is 15.9. The maximum Gasteiger partial charge on any atom is 2.00 e. The van der Waals surface area contributed by atoms with Crippen molar-refractivity contribution in [1.82, 2.24) is 15.0 Å². The van der Waals surface area contributed by atoms with Crippen molar-refractivity contribution >= 4 is 15.9 Å². The van der Waals surface area contributed by atoms with Crippen LogP contribution < -0.4 is 0 Å². The van der Waals surface area contributed by atoms with Gasteiger partial charge in [0.15, 0.2) is 0 Å². The summed E-state index contributed by atoms with van der Waals surface area (Å²) in [4.78, 5) is 0. The predicted molar refractivity (Wildman–Crippen MR) is 75.6 cm³/mol. The van der Waals surface area contributed by atoms with Gasteiger partial charge in [-0.25, -0.2) is 18.2 Å². The molecule has 0 spiro atoms. The van der Waals surface area contributed by atoms with Crippen molar-refractivity contribution in [3.63, 3.8) is 0 Å². The molecule has 0 aliphatic rings. The summed E-state index contributed by atoms with van der Waals surface area (Å²) in [6, 6.07) is 16.4. The molecule has 0 bridgehead atoms. The van der Waals surface area contributed by atoms with Crippen molar-refractivity contribution in [1.29, 1.82) is 0 Å². The van der Waals surface area contributed by atoms with E-state index in [1.54, 1.807) is 6.20 Å². The number of hydrogen-bond acceptors (Lipinski definition) is 2. The Labute approximate surface area is 132 Å². The zero-order chi connectivity index (χ0) is 12.8. The Morgan fingerprint density at radius 2 is 2.00 bits per heavy atom. The van der Waals surface area contributed by atoms with Crippen LogP contribution in [0.3, 0.4) is 0 Å². The summed E-state index contributed by atoms with van der Waals surface area (Å²) in [7, 11) is 0. The third-order valence-electron chi connectivity index (χ3n) is 2.64. The van der Waals surface area contributed by atoms with Crippen LogP contribution in [0.15, 0.2) is 65.4 Å². The topological polar surface area (TPSA) is 30.7 Å². The van der Waals surface area contributed by atoms with Crippen LogP contribution in [-0.4, -0.2) is 15.0 Å². The minimum Gasteiger partial charge on any atom is -0.258 e. The molecular weight excluding hydrogens is 346 g/mol. The number of nitrogens with zero attached hydrogens (tertiary/aromatic N) is 3. The van der Waals surface area contributed by atoms with Crippen LogP contribution in [0.4, 0.5) is 0 Å². The summed E-state index contributed by atoms with van der Waals surface area (Å²) < 4.78 is 2.95. The molecule has 0 saturated carbocycles. The number of rotatable bonds is 2. The van der Waals surface area contributed by atoms with Crippen LogP contribution in [0.5, 0.6) is 0 Å². The van der Waals surface area contributed by atoms with Gasteiger partial charge in [-0.05, 0) is 0 Å². The summed E-state index contributed by atoms with van der Waals surface area (Å²) in [6.07, 6.45) is 3.55. The van der Waals surface area contributed by atoms with Gasteiger partial charge < -0.3 is 0 Å². The van der Waals surface area contributed by atoms with Crippen molar-refractivity contribution in [3.05, 3.63) is 71.0 Å². The molecule has 3 nitrogen and oxygen atoms in total. The first-order valence-electron chi connectivity index (χ1n) is 5.72. The van der Waals surface area contributed by atoms with Gasteiger partial charge in [-0.1, -0.05) is 32.5 Å². The average molecular weight is 360 g/mol. The Balaban J connectivity index is 0.000000256. The molecular formula is C14H14BrFeN3. The molecule has 0 saturated heterocycles. The summed E-state index contributed by atoms with van der Waals surface area (Å²) in [6.45, 7) is 2.09. The van der Waals surface area contributed by atoms with E-state index in [1.165, 1.54) is 5.56 Å².